The highest BCUT2D eigenvalue weighted by atomic mass is 32.1. The summed E-state index contributed by atoms with van der Waals surface area (Å²) >= 11 is 1.31. The lowest BCUT2D eigenvalue weighted by Crippen LogP contribution is -2.49. The monoisotopic (exact) mass is 493 g/mol. The van der Waals surface area contributed by atoms with E-state index in [0.29, 0.717) is 53.4 Å². The molecule has 1 aliphatic heterocycles. The van der Waals surface area contributed by atoms with Crippen LogP contribution >= 0.6 is 11.3 Å². The van der Waals surface area contributed by atoms with Crippen LogP contribution in [-0.2, 0) is 0 Å². The Kier molecular flexibility index (Phi) is 5.34. The second-order valence-corrected chi connectivity index (χ2v) is 9.17. The zero-order valence-electron chi connectivity index (χ0n) is 18.4. The van der Waals surface area contributed by atoms with Gasteiger partial charge in [0.1, 0.15) is 5.82 Å². The van der Waals surface area contributed by atoms with Gasteiger partial charge in [-0.15, -0.1) is 5.10 Å². The molecule has 1 aromatic carbocycles. The topological polar surface area (TPSA) is 100 Å². The van der Waals surface area contributed by atoms with E-state index in [0.717, 1.165) is 5.56 Å². The first-order valence-corrected chi connectivity index (χ1v) is 11.8. The molecule has 1 amide bonds. The average Bonchev–Trinajstić information content (AvgIpc) is 3.68. The number of aromatic hydroxyl groups is 1. The number of aromatic nitrogens is 3. The van der Waals surface area contributed by atoms with Gasteiger partial charge >= 0.3 is 0 Å². The molecular formula is C24H20FN5O4S. The number of benzene rings is 1. The molecule has 0 bridgehead atoms. The van der Waals surface area contributed by atoms with Crippen molar-refractivity contribution in [2.75, 3.05) is 26.2 Å². The molecule has 0 saturated carbocycles. The minimum atomic E-state index is -0.364. The highest BCUT2D eigenvalue weighted by Crippen LogP contribution is 2.41. The Labute approximate surface area is 202 Å². The first kappa shape index (κ1) is 21.6. The van der Waals surface area contributed by atoms with E-state index >= 15 is 0 Å². The molecule has 6 rings (SSSR count). The maximum absolute atomic E-state index is 13.7. The Bertz CT molecular complexity index is 1450. The number of nitrogens with zero attached hydrogens (tertiary/aromatic N) is 5. The molecule has 1 saturated heterocycles. The molecule has 1 fully saturated rings. The average molecular weight is 494 g/mol. The fraction of sp³-hybridized carbons (Fsp3) is 0.208. The molecule has 0 unspecified atom stereocenters. The van der Waals surface area contributed by atoms with Crippen molar-refractivity contribution in [1.82, 2.24) is 24.4 Å². The van der Waals surface area contributed by atoms with Crippen LogP contribution < -0.4 is 0 Å². The summed E-state index contributed by atoms with van der Waals surface area (Å²) in [5.74, 6) is 0.681. The molecule has 5 heterocycles. The Morgan fingerprint density at radius 2 is 1.77 bits per heavy atom. The summed E-state index contributed by atoms with van der Waals surface area (Å²) in [6, 6.07) is 12.7. The van der Waals surface area contributed by atoms with Gasteiger partial charge in [0.15, 0.2) is 11.5 Å². The Balaban J connectivity index is 1.32. The second kappa shape index (κ2) is 8.67. The number of carbonyl (C=O) groups is 1. The van der Waals surface area contributed by atoms with Crippen LogP contribution in [0.4, 0.5) is 4.39 Å². The highest BCUT2D eigenvalue weighted by molar-refractivity contribution is 7.17. The fourth-order valence-electron chi connectivity index (χ4n) is 4.35. The van der Waals surface area contributed by atoms with Crippen molar-refractivity contribution in [3.8, 4) is 17.5 Å². The summed E-state index contributed by atoms with van der Waals surface area (Å²) in [6.07, 6.45) is 3.02. The van der Waals surface area contributed by atoms with Gasteiger partial charge in [0.25, 0.3) is 5.91 Å². The number of rotatable bonds is 5. The van der Waals surface area contributed by atoms with Crippen LogP contribution in [0.15, 0.2) is 69.9 Å². The Morgan fingerprint density at radius 3 is 2.43 bits per heavy atom. The number of furan rings is 2. The number of amides is 1. The number of hydrogen-bond donors (Lipinski definition) is 1. The van der Waals surface area contributed by atoms with Gasteiger partial charge < -0.3 is 18.8 Å². The predicted octanol–water partition coefficient (Wildman–Crippen LogP) is 4.04. The molecule has 1 N–H and O–H groups in total. The molecule has 1 atom stereocenters. The number of hydrogen-bond acceptors (Lipinski definition) is 8. The van der Waals surface area contributed by atoms with E-state index in [2.05, 4.69) is 15.0 Å². The third-order valence-corrected chi connectivity index (χ3v) is 7.15. The SMILES string of the molecule is O=C(c1ccco1)N1CCN([C@H](c2ccc(F)cc2)c2sc3nc(-c4ccco4)nn3c2O)CC1. The standard InChI is InChI=1S/C24H20FN5O4S/c25-16-7-5-15(6-8-16)19(28-9-11-29(12-10-28)22(31)18-4-2-14-34-18)20-23(32)30-24(35-20)26-21(27-30)17-3-1-13-33-17/h1-8,13-14,19,32H,9-12H2/t19-/m1/s1. The minimum Gasteiger partial charge on any atom is -0.492 e. The maximum atomic E-state index is 13.7. The summed E-state index contributed by atoms with van der Waals surface area (Å²) in [5.41, 5.74) is 0.822. The predicted molar refractivity (Wildman–Crippen MR) is 125 cm³/mol. The molecule has 0 spiro atoms. The summed E-state index contributed by atoms with van der Waals surface area (Å²) in [4.78, 5) is 22.3. The summed E-state index contributed by atoms with van der Waals surface area (Å²) in [7, 11) is 0. The number of halogens is 1. The lowest BCUT2D eigenvalue weighted by Gasteiger charge is -2.38. The van der Waals surface area contributed by atoms with Crippen molar-refractivity contribution in [3.05, 3.63) is 83.1 Å². The molecule has 0 aliphatic carbocycles. The zero-order chi connectivity index (χ0) is 23.9. The Hall–Kier alpha value is -3.96. The number of thiazole rings is 1. The van der Waals surface area contributed by atoms with Crippen LogP contribution in [0.2, 0.25) is 0 Å². The van der Waals surface area contributed by atoms with Gasteiger partial charge in [-0.1, -0.05) is 23.5 Å². The molecule has 0 radical (unpaired) electrons. The molecule has 1 aliphatic rings. The minimum absolute atomic E-state index is 0.0290. The van der Waals surface area contributed by atoms with Crippen molar-refractivity contribution < 1.29 is 23.1 Å². The van der Waals surface area contributed by atoms with Crippen LogP contribution in [0.25, 0.3) is 16.5 Å². The lowest BCUT2D eigenvalue weighted by atomic mass is 10.0. The first-order valence-electron chi connectivity index (χ1n) is 11.0. The van der Waals surface area contributed by atoms with E-state index in [1.54, 1.807) is 41.3 Å². The maximum Gasteiger partial charge on any atom is 0.289 e. The molecule has 9 nitrogen and oxygen atoms in total. The van der Waals surface area contributed by atoms with E-state index in [-0.39, 0.29) is 23.6 Å². The van der Waals surface area contributed by atoms with Gasteiger partial charge in [-0.05, 0) is 42.0 Å². The van der Waals surface area contributed by atoms with Crippen molar-refractivity contribution >= 4 is 22.2 Å². The van der Waals surface area contributed by atoms with E-state index in [1.165, 1.54) is 40.5 Å². The van der Waals surface area contributed by atoms with Gasteiger partial charge in [-0.25, -0.2) is 4.39 Å². The van der Waals surface area contributed by atoms with Gasteiger partial charge in [0.2, 0.25) is 16.7 Å². The second-order valence-electron chi connectivity index (χ2n) is 8.16. The largest absolute Gasteiger partial charge is 0.492 e. The van der Waals surface area contributed by atoms with E-state index in [9.17, 15) is 14.3 Å². The van der Waals surface area contributed by atoms with E-state index in [4.69, 9.17) is 8.83 Å². The quantitative estimate of drug-likeness (QED) is 0.394. The highest BCUT2D eigenvalue weighted by Gasteiger charge is 2.33. The van der Waals surface area contributed by atoms with E-state index in [1.807, 2.05) is 0 Å². The third-order valence-electron chi connectivity index (χ3n) is 6.07. The van der Waals surface area contributed by atoms with Crippen LogP contribution in [0, 0.1) is 5.82 Å². The fourth-order valence-corrected chi connectivity index (χ4v) is 5.47. The van der Waals surface area contributed by atoms with Crippen LogP contribution in [0.1, 0.15) is 27.0 Å². The molecule has 178 valence electrons. The molecular weight excluding hydrogens is 473 g/mol. The lowest BCUT2D eigenvalue weighted by molar-refractivity contribution is 0.0568. The summed E-state index contributed by atoms with van der Waals surface area (Å²) < 4.78 is 25.7. The van der Waals surface area contributed by atoms with Gasteiger partial charge in [0, 0.05) is 26.2 Å². The van der Waals surface area contributed by atoms with Crippen molar-refractivity contribution in [3.63, 3.8) is 0 Å². The van der Waals surface area contributed by atoms with Crippen LogP contribution in [-0.4, -0.2) is 61.6 Å². The van der Waals surface area contributed by atoms with Crippen LogP contribution in [0.3, 0.4) is 0 Å². The van der Waals surface area contributed by atoms with Crippen molar-refractivity contribution in [2.45, 2.75) is 6.04 Å². The summed E-state index contributed by atoms with van der Waals surface area (Å²) in [6.45, 7) is 2.08. The Morgan fingerprint density at radius 1 is 1.03 bits per heavy atom. The first-order chi connectivity index (χ1) is 17.1. The van der Waals surface area contributed by atoms with Crippen molar-refractivity contribution in [2.24, 2.45) is 0 Å². The molecule has 5 aromatic rings. The number of fused-ring (bicyclic) bond motifs is 1. The number of carbonyl (C=O) groups excluding carboxylic acids is 1. The van der Waals surface area contributed by atoms with Crippen LogP contribution in [0.5, 0.6) is 5.88 Å². The third kappa shape index (κ3) is 3.88. The molecule has 4 aromatic heterocycles. The zero-order valence-corrected chi connectivity index (χ0v) is 19.2. The van der Waals surface area contributed by atoms with Gasteiger partial charge in [0.05, 0.1) is 23.4 Å². The summed E-state index contributed by atoms with van der Waals surface area (Å²) in [5, 5.41) is 15.5. The molecule has 35 heavy (non-hydrogen) atoms. The molecule has 11 heteroatoms. The normalized spacial score (nSPS) is 15.6. The van der Waals surface area contributed by atoms with Gasteiger partial charge in [-0.2, -0.15) is 9.50 Å². The van der Waals surface area contributed by atoms with Gasteiger partial charge in [-0.3, -0.25) is 9.69 Å². The smallest absolute Gasteiger partial charge is 0.289 e. The van der Waals surface area contributed by atoms with E-state index < -0.39 is 0 Å². The number of piperazine rings is 1. The van der Waals surface area contributed by atoms with Crippen molar-refractivity contribution in [1.29, 1.82) is 0 Å².